The summed E-state index contributed by atoms with van der Waals surface area (Å²) in [4.78, 5) is 13.5. The molecule has 0 unspecified atom stereocenters. The molecule has 0 aliphatic carbocycles. The lowest BCUT2D eigenvalue weighted by atomic mass is 9.73. The fraction of sp³-hybridized carbons (Fsp3) is 0.967. The van der Waals surface area contributed by atoms with E-state index in [1.807, 2.05) is 0 Å². The van der Waals surface area contributed by atoms with E-state index in [1.54, 1.807) is 0 Å². The number of unbranched alkanes of at least 4 members (excludes halogenated alkanes) is 16. The lowest BCUT2D eigenvalue weighted by Crippen LogP contribution is -2.38. The van der Waals surface area contributed by atoms with E-state index < -0.39 is 11.5 Å². The van der Waals surface area contributed by atoms with Crippen LogP contribution < -0.4 is 0 Å². The van der Waals surface area contributed by atoms with Gasteiger partial charge in [0, 0.05) is 0 Å². The molecule has 0 radical (unpaired) electrons. The van der Waals surface area contributed by atoms with Crippen LogP contribution in [0.15, 0.2) is 0 Å². The third-order valence-corrected chi connectivity index (χ3v) is 7.39. The van der Waals surface area contributed by atoms with Gasteiger partial charge in [0.2, 0.25) is 0 Å². The van der Waals surface area contributed by atoms with Gasteiger partial charge in [-0.3, -0.25) is 4.79 Å². The second-order valence-corrected chi connectivity index (χ2v) is 10.6. The Hall–Kier alpha value is -0.610. The predicted molar refractivity (Wildman–Crippen MR) is 145 cm³/mol. The normalized spacial score (nSPS) is 11.9. The molecule has 0 saturated heterocycles. The van der Waals surface area contributed by atoms with Gasteiger partial charge in [-0.15, -0.1) is 0 Å². The van der Waals surface area contributed by atoms with Crippen molar-refractivity contribution >= 4 is 5.97 Å². The molecule has 0 spiro atoms. The van der Waals surface area contributed by atoms with Gasteiger partial charge in [-0.05, 0) is 19.3 Å². The molecule has 0 aromatic rings. The minimum Gasteiger partial charge on any atom is -0.457 e. The Balaban J connectivity index is 5.11. The molecule has 0 aliphatic rings. The van der Waals surface area contributed by atoms with E-state index in [4.69, 9.17) is 4.74 Å². The van der Waals surface area contributed by atoms with Crippen LogP contribution in [0.2, 0.25) is 0 Å². The molecule has 2 N–H and O–H groups in total. The molecule has 0 heterocycles. The number of aliphatic hydroxyl groups is 2. The van der Waals surface area contributed by atoms with Gasteiger partial charge in [-0.25, -0.2) is 0 Å². The van der Waals surface area contributed by atoms with Crippen molar-refractivity contribution in [3.8, 4) is 0 Å². The first-order valence-corrected chi connectivity index (χ1v) is 15.0. The summed E-state index contributed by atoms with van der Waals surface area (Å²) in [6.45, 7) is 6.09. The first-order valence-electron chi connectivity index (χ1n) is 15.0. The zero-order chi connectivity index (χ0) is 25.3. The topological polar surface area (TPSA) is 66.8 Å². The number of hydrogen-bond acceptors (Lipinski definition) is 4. The van der Waals surface area contributed by atoms with Crippen LogP contribution in [-0.4, -0.2) is 35.5 Å². The molecule has 34 heavy (non-hydrogen) atoms. The number of aliphatic hydroxyl groups excluding tert-OH is 2. The Morgan fingerprint density at radius 2 is 0.853 bits per heavy atom. The van der Waals surface area contributed by atoms with Gasteiger partial charge in [0.1, 0.15) is 6.10 Å². The van der Waals surface area contributed by atoms with Crippen LogP contribution in [0.4, 0.5) is 0 Å². The maximum Gasteiger partial charge on any atom is 0.312 e. The van der Waals surface area contributed by atoms with Gasteiger partial charge in [-0.1, -0.05) is 143 Å². The Morgan fingerprint density at radius 3 is 1.15 bits per heavy atom. The highest BCUT2D eigenvalue weighted by molar-refractivity contribution is 5.77. The van der Waals surface area contributed by atoms with E-state index in [2.05, 4.69) is 20.8 Å². The molecule has 0 fully saturated rings. The third-order valence-electron chi connectivity index (χ3n) is 7.39. The maximum absolute atomic E-state index is 13.5. The molecule has 0 bridgehead atoms. The summed E-state index contributed by atoms with van der Waals surface area (Å²) in [6.07, 6.45) is 25.1. The molecule has 0 atom stereocenters. The van der Waals surface area contributed by atoms with Crippen molar-refractivity contribution in [2.75, 3.05) is 13.2 Å². The van der Waals surface area contributed by atoms with Gasteiger partial charge in [0.15, 0.2) is 0 Å². The molecular formula is C30H60O4. The standard InChI is InChI=1S/C30H60O4/c1-4-7-10-13-16-19-22-25-30(23-20-17-14-11-8-5-2,24-21-18-15-12-9-6-3)29(33)34-28(26-31)27-32/h28,31-32H,4-27H2,1-3H3. The highest BCUT2D eigenvalue weighted by Gasteiger charge is 2.39. The third kappa shape index (κ3) is 16.9. The summed E-state index contributed by atoms with van der Waals surface area (Å²) in [5, 5.41) is 19.0. The first kappa shape index (κ1) is 33.4. The summed E-state index contributed by atoms with van der Waals surface area (Å²) in [7, 11) is 0. The smallest absolute Gasteiger partial charge is 0.312 e. The van der Waals surface area contributed by atoms with Crippen molar-refractivity contribution in [2.24, 2.45) is 5.41 Å². The Bertz CT molecular complexity index is 418. The zero-order valence-corrected chi connectivity index (χ0v) is 23.3. The largest absolute Gasteiger partial charge is 0.457 e. The van der Waals surface area contributed by atoms with Crippen molar-refractivity contribution in [1.82, 2.24) is 0 Å². The van der Waals surface area contributed by atoms with E-state index in [0.717, 1.165) is 38.5 Å². The number of rotatable bonds is 26. The number of esters is 1. The average molecular weight is 485 g/mol. The summed E-state index contributed by atoms with van der Waals surface area (Å²) in [5.41, 5.74) is -0.457. The van der Waals surface area contributed by atoms with Gasteiger partial charge in [-0.2, -0.15) is 0 Å². The van der Waals surface area contributed by atoms with Crippen LogP contribution in [0, 0.1) is 5.41 Å². The van der Waals surface area contributed by atoms with Crippen molar-refractivity contribution in [3.05, 3.63) is 0 Å². The minimum absolute atomic E-state index is 0.173. The predicted octanol–water partition coefficient (Wildman–Crippen LogP) is 8.51. The van der Waals surface area contributed by atoms with Crippen molar-refractivity contribution < 1.29 is 19.7 Å². The molecule has 0 aromatic heterocycles. The van der Waals surface area contributed by atoms with Crippen molar-refractivity contribution in [3.63, 3.8) is 0 Å². The number of carbonyl (C=O) groups is 1. The van der Waals surface area contributed by atoms with E-state index in [-0.39, 0.29) is 19.2 Å². The second kappa shape index (κ2) is 24.1. The van der Waals surface area contributed by atoms with E-state index in [0.29, 0.717) is 0 Å². The molecule has 4 heteroatoms. The lowest BCUT2D eigenvalue weighted by molar-refractivity contribution is -0.168. The number of hydrogen-bond donors (Lipinski definition) is 2. The monoisotopic (exact) mass is 484 g/mol. The summed E-state index contributed by atoms with van der Waals surface area (Å²) >= 11 is 0. The SMILES string of the molecule is CCCCCCCCCC(CCCCCCCC)(CCCCCCCC)C(=O)OC(CO)CO. The molecule has 0 aromatic carbocycles. The highest BCUT2D eigenvalue weighted by Crippen LogP contribution is 2.39. The Kier molecular flexibility index (Phi) is 23.7. The van der Waals surface area contributed by atoms with Crippen LogP contribution in [0.5, 0.6) is 0 Å². The van der Waals surface area contributed by atoms with Gasteiger partial charge in [0.25, 0.3) is 0 Å². The van der Waals surface area contributed by atoms with Gasteiger partial charge < -0.3 is 14.9 Å². The summed E-state index contributed by atoms with van der Waals surface area (Å²) < 4.78 is 5.68. The minimum atomic E-state index is -0.796. The molecule has 0 aliphatic heterocycles. The van der Waals surface area contributed by atoms with Crippen molar-refractivity contribution in [2.45, 2.75) is 168 Å². The van der Waals surface area contributed by atoms with Crippen LogP contribution >= 0.6 is 0 Å². The molecule has 0 rings (SSSR count). The Labute approximate surface area is 212 Å². The van der Waals surface area contributed by atoms with E-state index in [9.17, 15) is 15.0 Å². The number of carbonyl (C=O) groups excluding carboxylic acids is 1. The molecular weight excluding hydrogens is 424 g/mol. The van der Waals surface area contributed by atoms with Crippen LogP contribution in [-0.2, 0) is 9.53 Å². The second-order valence-electron chi connectivity index (χ2n) is 10.6. The number of ether oxygens (including phenoxy) is 1. The summed E-state index contributed by atoms with van der Waals surface area (Å²) in [5.74, 6) is -0.173. The highest BCUT2D eigenvalue weighted by atomic mass is 16.6. The van der Waals surface area contributed by atoms with Gasteiger partial charge >= 0.3 is 5.97 Å². The average Bonchev–Trinajstić information content (AvgIpc) is 2.85. The summed E-state index contributed by atoms with van der Waals surface area (Å²) in [6, 6.07) is 0. The molecule has 0 saturated carbocycles. The molecule has 0 amide bonds. The van der Waals surface area contributed by atoms with Crippen molar-refractivity contribution in [1.29, 1.82) is 0 Å². The fourth-order valence-electron chi connectivity index (χ4n) is 5.00. The molecule has 4 nitrogen and oxygen atoms in total. The lowest BCUT2D eigenvalue weighted by Gasteiger charge is -2.33. The Morgan fingerprint density at radius 1 is 0.559 bits per heavy atom. The quantitative estimate of drug-likeness (QED) is 0.0953. The van der Waals surface area contributed by atoms with Crippen LogP contribution in [0.25, 0.3) is 0 Å². The van der Waals surface area contributed by atoms with E-state index >= 15 is 0 Å². The maximum atomic E-state index is 13.5. The van der Waals surface area contributed by atoms with Crippen LogP contribution in [0.3, 0.4) is 0 Å². The molecule has 204 valence electrons. The first-order chi connectivity index (χ1) is 16.6. The fourth-order valence-corrected chi connectivity index (χ4v) is 5.00. The van der Waals surface area contributed by atoms with Gasteiger partial charge in [0.05, 0.1) is 18.6 Å². The van der Waals surface area contributed by atoms with Crippen LogP contribution in [0.1, 0.15) is 162 Å². The van der Waals surface area contributed by atoms with E-state index in [1.165, 1.54) is 103 Å². The zero-order valence-electron chi connectivity index (χ0n) is 23.3.